The van der Waals surface area contributed by atoms with E-state index in [2.05, 4.69) is 39.9 Å². The fourth-order valence-corrected chi connectivity index (χ4v) is 8.24. The summed E-state index contributed by atoms with van der Waals surface area (Å²) >= 11 is -1.79. The van der Waals surface area contributed by atoms with Gasteiger partial charge in [0.15, 0.2) is 0 Å². The number of hydrogen-bond donors (Lipinski definition) is 1. The molecule has 0 radical (unpaired) electrons. The SMILES string of the molecule is CC(C)(C)OC(=O)NI1CC2=C(C1)OCc1cccc(c1)C(c1ccccc1)OC2. The Bertz CT molecular complexity index is 936. The van der Waals surface area contributed by atoms with Gasteiger partial charge < -0.3 is 0 Å². The number of alkyl halides is 2. The Kier molecular flexibility index (Phi) is 6.34. The molecule has 0 saturated carbocycles. The van der Waals surface area contributed by atoms with Gasteiger partial charge in [-0.2, -0.15) is 0 Å². The summed E-state index contributed by atoms with van der Waals surface area (Å²) in [4.78, 5) is 12.2. The summed E-state index contributed by atoms with van der Waals surface area (Å²) in [5.74, 6) is 0.982. The summed E-state index contributed by atoms with van der Waals surface area (Å²) in [7, 11) is 0. The molecule has 1 N–H and O–H groups in total. The van der Waals surface area contributed by atoms with Crippen molar-refractivity contribution in [2.75, 3.05) is 15.5 Å². The summed E-state index contributed by atoms with van der Waals surface area (Å²) in [6.45, 7) is 6.67. The number of rotatable bonds is 2. The van der Waals surface area contributed by atoms with E-state index >= 15 is 0 Å². The summed E-state index contributed by atoms with van der Waals surface area (Å²) in [6, 6.07) is 18.7. The maximum atomic E-state index is 12.2. The van der Waals surface area contributed by atoms with Crippen LogP contribution in [0.4, 0.5) is 4.79 Å². The Morgan fingerprint density at radius 3 is 2.57 bits per heavy atom. The first-order chi connectivity index (χ1) is 14.4. The first-order valence-electron chi connectivity index (χ1n) is 10.1. The van der Waals surface area contributed by atoms with Gasteiger partial charge in [-0.25, -0.2) is 0 Å². The van der Waals surface area contributed by atoms with Crippen LogP contribution in [0.3, 0.4) is 0 Å². The molecule has 1 unspecified atom stereocenters. The van der Waals surface area contributed by atoms with Gasteiger partial charge in [-0.05, 0) is 0 Å². The minimum atomic E-state index is -1.79. The number of ether oxygens (including phenoxy) is 3. The van der Waals surface area contributed by atoms with E-state index in [1.807, 2.05) is 39.0 Å². The van der Waals surface area contributed by atoms with Gasteiger partial charge in [-0.1, -0.05) is 0 Å². The van der Waals surface area contributed by atoms with E-state index in [4.69, 9.17) is 14.2 Å². The van der Waals surface area contributed by atoms with E-state index in [1.54, 1.807) is 0 Å². The Hall–Kier alpha value is -2.06. The Morgan fingerprint density at radius 2 is 1.80 bits per heavy atom. The van der Waals surface area contributed by atoms with Crippen LogP contribution in [-0.2, 0) is 20.8 Å². The number of carbonyl (C=O) groups excluding carboxylic acids is 1. The topological polar surface area (TPSA) is 56.8 Å². The van der Waals surface area contributed by atoms with Crippen molar-refractivity contribution < 1.29 is 19.0 Å². The van der Waals surface area contributed by atoms with Gasteiger partial charge in [-0.15, -0.1) is 0 Å². The number of fused-ring (bicyclic) bond motifs is 2. The zero-order valence-electron chi connectivity index (χ0n) is 17.6. The third kappa shape index (κ3) is 5.35. The Labute approximate surface area is 185 Å². The third-order valence-electron chi connectivity index (χ3n) is 4.80. The standard InChI is InChI=1S/C24H28INO4/c1-24(2,3)30-23(27)26-25-13-20-16-29-22(18-9-5-4-6-10-18)19-11-7-8-17(12-19)15-28-21(20)14-25/h4-12,22H,13-16H2,1-3H3,(H,26,27). The predicted octanol–water partition coefficient (Wildman–Crippen LogP) is 5.54. The molecule has 0 spiro atoms. The molecule has 2 aromatic carbocycles. The molecule has 2 aliphatic heterocycles. The van der Waals surface area contributed by atoms with Crippen molar-refractivity contribution in [3.63, 3.8) is 0 Å². The molecule has 2 aromatic rings. The second-order valence-corrected chi connectivity index (χ2v) is 13.2. The second kappa shape index (κ2) is 8.98. The number of carbonyl (C=O) groups is 1. The van der Waals surface area contributed by atoms with E-state index in [9.17, 15) is 4.79 Å². The Balaban J connectivity index is 1.51. The fraction of sp³-hybridized carbons (Fsp3) is 0.375. The molecule has 160 valence electrons. The average molecular weight is 521 g/mol. The number of hydrogen-bond acceptors (Lipinski definition) is 4. The number of nitrogens with one attached hydrogen (secondary N) is 1. The van der Waals surface area contributed by atoms with Crippen LogP contribution >= 0.6 is 20.1 Å². The normalized spacial score (nSPS) is 20.2. The Morgan fingerprint density at radius 1 is 1.03 bits per heavy atom. The molecule has 0 aromatic heterocycles. The molecule has 1 atom stereocenters. The molecule has 1 amide bonds. The van der Waals surface area contributed by atoms with E-state index in [0.29, 0.717) is 13.2 Å². The predicted molar refractivity (Wildman–Crippen MR) is 126 cm³/mol. The van der Waals surface area contributed by atoms with Crippen LogP contribution in [0.5, 0.6) is 0 Å². The molecule has 6 heteroatoms. The van der Waals surface area contributed by atoms with Crippen LogP contribution in [0.1, 0.15) is 43.6 Å². The van der Waals surface area contributed by atoms with E-state index < -0.39 is 25.7 Å². The van der Waals surface area contributed by atoms with Crippen LogP contribution < -0.4 is 3.53 Å². The first-order valence-corrected chi connectivity index (χ1v) is 14.2. The van der Waals surface area contributed by atoms with Gasteiger partial charge in [-0.3, -0.25) is 0 Å². The molecule has 30 heavy (non-hydrogen) atoms. The quantitative estimate of drug-likeness (QED) is 0.321. The molecule has 0 saturated heterocycles. The zero-order valence-corrected chi connectivity index (χ0v) is 19.8. The van der Waals surface area contributed by atoms with Crippen molar-refractivity contribution in [2.24, 2.45) is 0 Å². The molecular formula is C24H28INO4. The van der Waals surface area contributed by atoms with Gasteiger partial charge in [0.1, 0.15) is 0 Å². The van der Waals surface area contributed by atoms with Crippen molar-refractivity contribution in [3.8, 4) is 0 Å². The van der Waals surface area contributed by atoms with Crippen LogP contribution in [-0.4, -0.2) is 27.2 Å². The molecular weight excluding hydrogens is 493 g/mol. The first kappa shape index (κ1) is 21.2. The number of benzene rings is 2. The molecule has 5 nitrogen and oxygen atoms in total. The summed E-state index contributed by atoms with van der Waals surface area (Å²) in [5, 5.41) is 0. The van der Waals surface area contributed by atoms with Crippen molar-refractivity contribution in [1.82, 2.24) is 3.53 Å². The average Bonchev–Trinajstić information content (AvgIpc) is 3.07. The number of allylic oxidation sites excluding steroid dienone is 1. The maximum absolute atomic E-state index is 12.2. The zero-order chi connectivity index (χ0) is 21.1. The van der Waals surface area contributed by atoms with Crippen LogP contribution in [0.25, 0.3) is 0 Å². The molecule has 2 aliphatic rings. The molecule has 2 bridgehead atoms. The molecule has 2 heterocycles. The number of halogens is 1. The van der Waals surface area contributed by atoms with Gasteiger partial charge in [0.2, 0.25) is 0 Å². The van der Waals surface area contributed by atoms with Crippen molar-refractivity contribution in [3.05, 3.63) is 82.6 Å². The number of amides is 1. The summed E-state index contributed by atoms with van der Waals surface area (Å²) in [6.07, 6.45) is -0.452. The molecule has 0 fully saturated rings. The van der Waals surface area contributed by atoms with Crippen molar-refractivity contribution in [1.29, 1.82) is 0 Å². The fourth-order valence-electron chi connectivity index (χ4n) is 3.50. The summed E-state index contributed by atoms with van der Waals surface area (Å²) < 4.78 is 22.9. The van der Waals surface area contributed by atoms with Crippen molar-refractivity contribution in [2.45, 2.75) is 39.1 Å². The molecule has 0 aliphatic carbocycles. The third-order valence-corrected chi connectivity index (χ3v) is 9.46. The van der Waals surface area contributed by atoms with Crippen LogP contribution in [0.15, 0.2) is 65.9 Å². The van der Waals surface area contributed by atoms with Crippen LogP contribution in [0, 0.1) is 0 Å². The minimum absolute atomic E-state index is 0.125. The van der Waals surface area contributed by atoms with Crippen LogP contribution in [0.2, 0.25) is 0 Å². The van der Waals surface area contributed by atoms with E-state index in [-0.39, 0.29) is 12.2 Å². The van der Waals surface area contributed by atoms with E-state index in [1.165, 1.54) is 5.57 Å². The second-order valence-electron chi connectivity index (χ2n) is 8.48. The van der Waals surface area contributed by atoms with Crippen molar-refractivity contribution >= 4 is 26.2 Å². The van der Waals surface area contributed by atoms with Gasteiger partial charge in [0.05, 0.1) is 0 Å². The molecule has 4 rings (SSSR count). The monoisotopic (exact) mass is 521 g/mol. The van der Waals surface area contributed by atoms with Gasteiger partial charge >= 0.3 is 186 Å². The summed E-state index contributed by atoms with van der Waals surface area (Å²) in [5.41, 5.74) is 4.07. The van der Waals surface area contributed by atoms with Gasteiger partial charge in [0.25, 0.3) is 0 Å². The van der Waals surface area contributed by atoms with E-state index in [0.717, 1.165) is 31.3 Å². The van der Waals surface area contributed by atoms with Gasteiger partial charge in [0, 0.05) is 0 Å².